The van der Waals surface area contributed by atoms with Crippen molar-refractivity contribution in [2.24, 2.45) is 0 Å². The molecule has 0 spiro atoms. The Morgan fingerprint density at radius 1 is 1.15 bits per heavy atom. The van der Waals surface area contributed by atoms with E-state index in [-0.39, 0.29) is 18.4 Å². The lowest BCUT2D eigenvalue weighted by molar-refractivity contribution is -0.117. The van der Waals surface area contributed by atoms with Crippen LogP contribution in [-0.4, -0.2) is 51.0 Å². The van der Waals surface area contributed by atoms with Crippen LogP contribution in [0.25, 0.3) is 11.4 Å². The monoisotopic (exact) mass is 428 g/mol. The van der Waals surface area contributed by atoms with Crippen molar-refractivity contribution in [2.75, 3.05) is 19.4 Å². The number of nitrogens with zero attached hydrogens (tertiary/aromatic N) is 5. The number of hydrogen-bond donors (Lipinski definition) is 1. The van der Waals surface area contributed by atoms with Crippen LogP contribution in [0.1, 0.15) is 10.4 Å². The largest absolute Gasteiger partial charge is 0.345 e. The van der Waals surface area contributed by atoms with E-state index >= 15 is 0 Å². The van der Waals surface area contributed by atoms with Gasteiger partial charge in [-0.05, 0) is 47.7 Å². The molecule has 0 radical (unpaired) electrons. The molecule has 0 saturated carbocycles. The Morgan fingerprint density at radius 3 is 2.59 bits per heavy atom. The van der Waals surface area contributed by atoms with Crippen molar-refractivity contribution >= 4 is 33.4 Å². The Kier molecular flexibility index (Phi) is 5.60. The molecule has 0 atom stereocenters. The number of amides is 2. The molecule has 0 aliphatic rings. The number of halogens is 1. The average molecular weight is 429 g/mol. The van der Waals surface area contributed by atoms with Gasteiger partial charge in [-0.15, -0.1) is 10.2 Å². The smallest absolute Gasteiger partial charge is 0.253 e. The lowest BCUT2D eigenvalue weighted by atomic mass is 10.2. The van der Waals surface area contributed by atoms with Gasteiger partial charge in [0, 0.05) is 35.4 Å². The molecular formula is C18H17BrN6O2. The third-order valence-electron chi connectivity index (χ3n) is 3.64. The Bertz CT molecular complexity index is 968. The quantitative estimate of drug-likeness (QED) is 0.673. The van der Waals surface area contributed by atoms with Crippen molar-refractivity contribution in [1.82, 2.24) is 25.1 Å². The van der Waals surface area contributed by atoms with Crippen LogP contribution in [-0.2, 0) is 11.3 Å². The van der Waals surface area contributed by atoms with E-state index < -0.39 is 0 Å². The van der Waals surface area contributed by atoms with Gasteiger partial charge in [0.1, 0.15) is 6.54 Å². The molecule has 2 amide bonds. The van der Waals surface area contributed by atoms with E-state index in [1.165, 1.54) is 9.70 Å². The Hall–Kier alpha value is -3.07. The van der Waals surface area contributed by atoms with Gasteiger partial charge >= 0.3 is 0 Å². The Morgan fingerprint density at radius 2 is 1.89 bits per heavy atom. The number of hydrogen-bond acceptors (Lipinski definition) is 5. The van der Waals surface area contributed by atoms with Crippen LogP contribution in [0.2, 0.25) is 0 Å². The summed E-state index contributed by atoms with van der Waals surface area (Å²) < 4.78 is 0.952. The lowest BCUT2D eigenvalue weighted by Crippen LogP contribution is -2.23. The zero-order valence-electron chi connectivity index (χ0n) is 14.8. The van der Waals surface area contributed by atoms with Crippen molar-refractivity contribution in [2.45, 2.75) is 6.54 Å². The van der Waals surface area contributed by atoms with Crippen LogP contribution >= 0.6 is 15.9 Å². The number of anilines is 1. The first-order chi connectivity index (χ1) is 12.9. The third-order valence-corrected chi connectivity index (χ3v) is 4.17. The second-order valence-corrected chi connectivity index (χ2v) is 6.89. The summed E-state index contributed by atoms with van der Waals surface area (Å²) in [4.78, 5) is 27.0. The summed E-state index contributed by atoms with van der Waals surface area (Å²) in [7, 11) is 3.35. The molecule has 138 valence electrons. The topological polar surface area (TPSA) is 93.0 Å². The minimum atomic E-state index is -0.316. The molecule has 3 rings (SSSR count). The van der Waals surface area contributed by atoms with E-state index in [1.807, 2.05) is 24.3 Å². The van der Waals surface area contributed by atoms with Gasteiger partial charge in [-0.3, -0.25) is 9.59 Å². The maximum atomic E-state index is 12.2. The molecule has 1 aromatic heterocycles. The molecular weight excluding hydrogens is 412 g/mol. The molecule has 0 aliphatic carbocycles. The van der Waals surface area contributed by atoms with Crippen molar-refractivity contribution in [3.05, 3.63) is 58.6 Å². The molecule has 27 heavy (non-hydrogen) atoms. The van der Waals surface area contributed by atoms with Gasteiger partial charge < -0.3 is 10.2 Å². The van der Waals surface area contributed by atoms with E-state index in [2.05, 4.69) is 36.7 Å². The summed E-state index contributed by atoms with van der Waals surface area (Å²) in [5.41, 5.74) is 1.83. The van der Waals surface area contributed by atoms with E-state index in [1.54, 1.807) is 38.4 Å². The van der Waals surface area contributed by atoms with Gasteiger partial charge in [0.05, 0.1) is 0 Å². The fourth-order valence-corrected chi connectivity index (χ4v) is 2.61. The molecule has 1 heterocycles. The first kappa shape index (κ1) is 18.7. The molecule has 0 bridgehead atoms. The normalized spacial score (nSPS) is 10.5. The Balaban J connectivity index is 1.66. The van der Waals surface area contributed by atoms with Crippen LogP contribution < -0.4 is 5.32 Å². The highest BCUT2D eigenvalue weighted by Gasteiger charge is 2.12. The van der Waals surface area contributed by atoms with Crippen LogP contribution in [0.3, 0.4) is 0 Å². The summed E-state index contributed by atoms with van der Waals surface area (Å²) in [5.74, 6) is -0.0127. The molecule has 8 nitrogen and oxygen atoms in total. The lowest BCUT2D eigenvalue weighted by Gasteiger charge is -2.11. The minimum Gasteiger partial charge on any atom is -0.345 e. The molecule has 0 aliphatic heterocycles. The number of carbonyl (C=O) groups is 2. The van der Waals surface area contributed by atoms with Crippen LogP contribution in [0.5, 0.6) is 0 Å². The highest BCUT2D eigenvalue weighted by molar-refractivity contribution is 9.10. The number of aromatic nitrogens is 4. The van der Waals surface area contributed by atoms with Gasteiger partial charge in [0.25, 0.3) is 5.91 Å². The molecule has 1 N–H and O–H groups in total. The maximum Gasteiger partial charge on any atom is 0.253 e. The summed E-state index contributed by atoms with van der Waals surface area (Å²) in [5, 5.41) is 14.8. The Labute approximate surface area is 164 Å². The van der Waals surface area contributed by atoms with Crippen molar-refractivity contribution in [1.29, 1.82) is 0 Å². The summed E-state index contributed by atoms with van der Waals surface area (Å²) in [6, 6.07) is 14.2. The van der Waals surface area contributed by atoms with E-state index in [0.717, 1.165) is 10.0 Å². The zero-order chi connectivity index (χ0) is 19.4. The first-order valence-corrected chi connectivity index (χ1v) is 8.87. The average Bonchev–Trinajstić information content (AvgIpc) is 3.10. The highest BCUT2D eigenvalue weighted by atomic mass is 79.9. The van der Waals surface area contributed by atoms with E-state index in [4.69, 9.17) is 0 Å². The number of benzene rings is 2. The SMILES string of the molecule is CN(C)C(=O)c1cccc(NC(=O)Cn2nnc(-c3ccc(Br)cc3)n2)c1. The fourth-order valence-electron chi connectivity index (χ4n) is 2.34. The van der Waals surface area contributed by atoms with Gasteiger partial charge in [-0.25, -0.2) is 0 Å². The van der Waals surface area contributed by atoms with Crippen molar-refractivity contribution in [3.63, 3.8) is 0 Å². The van der Waals surface area contributed by atoms with Gasteiger partial charge in [0.2, 0.25) is 11.7 Å². The maximum absolute atomic E-state index is 12.2. The molecule has 0 unspecified atom stereocenters. The predicted molar refractivity (Wildman–Crippen MR) is 104 cm³/mol. The van der Waals surface area contributed by atoms with E-state index in [0.29, 0.717) is 17.1 Å². The second-order valence-electron chi connectivity index (χ2n) is 5.98. The van der Waals surface area contributed by atoms with Crippen LogP contribution in [0.4, 0.5) is 5.69 Å². The van der Waals surface area contributed by atoms with Crippen molar-refractivity contribution in [3.8, 4) is 11.4 Å². The standard InChI is InChI=1S/C18H17BrN6O2/c1-24(2)18(27)13-4-3-5-15(10-13)20-16(26)11-25-22-17(21-23-25)12-6-8-14(19)9-7-12/h3-10H,11H2,1-2H3,(H,20,26). The second kappa shape index (κ2) is 8.09. The number of nitrogens with one attached hydrogen (secondary N) is 1. The third kappa shape index (κ3) is 4.76. The van der Waals surface area contributed by atoms with E-state index in [9.17, 15) is 9.59 Å². The molecule has 0 fully saturated rings. The molecule has 9 heteroatoms. The highest BCUT2D eigenvalue weighted by Crippen LogP contribution is 2.17. The molecule has 3 aromatic rings. The minimum absolute atomic E-state index is 0.0879. The van der Waals surface area contributed by atoms with Crippen molar-refractivity contribution < 1.29 is 9.59 Å². The molecule has 0 saturated heterocycles. The predicted octanol–water partition coefficient (Wildman–Crippen LogP) is 2.44. The van der Waals surface area contributed by atoms with Gasteiger partial charge in [0.15, 0.2) is 0 Å². The van der Waals surface area contributed by atoms with Crippen LogP contribution in [0.15, 0.2) is 53.0 Å². The summed E-state index contributed by atoms with van der Waals surface area (Å²) in [6.07, 6.45) is 0. The molecule has 2 aromatic carbocycles. The van der Waals surface area contributed by atoms with Gasteiger partial charge in [-0.2, -0.15) is 4.80 Å². The fraction of sp³-hybridized carbons (Fsp3) is 0.167. The first-order valence-electron chi connectivity index (χ1n) is 8.07. The summed E-state index contributed by atoms with van der Waals surface area (Å²) >= 11 is 3.37. The number of carbonyl (C=O) groups excluding carboxylic acids is 2. The van der Waals surface area contributed by atoms with Crippen LogP contribution in [0, 0.1) is 0 Å². The number of tetrazole rings is 1. The zero-order valence-corrected chi connectivity index (χ0v) is 16.3. The van der Waals surface area contributed by atoms with Gasteiger partial charge in [-0.1, -0.05) is 22.0 Å². The summed E-state index contributed by atoms with van der Waals surface area (Å²) in [6.45, 7) is -0.0879. The number of rotatable bonds is 5.